The summed E-state index contributed by atoms with van der Waals surface area (Å²) >= 11 is 0. The molecule has 0 bridgehead atoms. The first-order chi connectivity index (χ1) is 8.58. The van der Waals surface area contributed by atoms with Crippen molar-refractivity contribution in [1.82, 2.24) is 4.90 Å². The fourth-order valence-electron chi connectivity index (χ4n) is 3.03. The Morgan fingerprint density at radius 1 is 1.22 bits per heavy atom. The number of hydrogen-bond acceptors (Lipinski definition) is 3. The van der Waals surface area contributed by atoms with Crippen LogP contribution in [0.25, 0.3) is 0 Å². The molecule has 1 aliphatic heterocycles. The highest BCUT2D eigenvalue weighted by atomic mass is 16.5. The first-order valence-corrected chi connectivity index (χ1v) is 6.70. The topological polar surface area (TPSA) is 66.8 Å². The summed E-state index contributed by atoms with van der Waals surface area (Å²) in [7, 11) is 1.61. The van der Waals surface area contributed by atoms with Gasteiger partial charge in [0.15, 0.2) is 0 Å². The Bertz CT molecular complexity index is 330. The molecule has 0 radical (unpaired) electrons. The van der Waals surface area contributed by atoms with Crippen molar-refractivity contribution >= 4 is 11.9 Å². The van der Waals surface area contributed by atoms with Crippen molar-refractivity contribution in [2.45, 2.75) is 56.6 Å². The molecule has 5 nitrogen and oxygen atoms in total. The van der Waals surface area contributed by atoms with E-state index in [2.05, 4.69) is 0 Å². The summed E-state index contributed by atoms with van der Waals surface area (Å²) in [6.07, 6.45) is 5.05. The minimum atomic E-state index is -1.01. The van der Waals surface area contributed by atoms with Gasteiger partial charge in [-0.25, -0.2) is 4.79 Å². The summed E-state index contributed by atoms with van der Waals surface area (Å²) in [6.45, 7) is 0.602. The zero-order valence-corrected chi connectivity index (χ0v) is 10.9. The number of likely N-dealkylation sites (N-methyl/N-ethyl adjacent to an activating group) is 1. The molecule has 1 aliphatic carbocycles. The van der Waals surface area contributed by atoms with Gasteiger partial charge in [0.1, 0.15) is 11.6 Å². The normalized spacial score (nSPS) is 26.8. The summed E-state index contributed by atoms with van der Waals surface area (Å²) in [5.41, 5.74) is -1.01. The molecule has 2 fully saturated rings. The third-order valence-corrected chi connectivity index (χ3v) is 4.26. The molecular formula is C13H21NO4. The molecule has 0 aromatic carbocycles. The third kappa shape index (κ3) is 2.23. The van der Waals surface area contributed by atoms with E-state index in [-0.39, 0.29) is 5.91 Å². The number of hydrogen-bond donors (Lipinski definition) is 1. The molecule has 0 unspecified atom stereocenters. The lowest BCUT2D eigenvalue weighted by Gasteiger charge is -2.41. The lowest BCUT2D eigenvalue weighted by Crippen LogP contribution is -2.58. The van der Waals surface area contributed by atoms with Gasteiger partial charge in [-0.3, -0.25) is 4.79 Å². The van der Waals surface area contributed by atoms with Crippen LogP contribution in [0.4, 0.5) is 0 Å². The monoisotopic (exact) mass is 255 g/mol. The van der Waals surface area contributed by atoms with E-state index in [4.69, 9.17) is 4.74 Å². The molecule has 1 N–H and O–H groups in total. The van der Waals surface area contributed by atoms with Gasteiger partial charge in [0.05, 0.1) is 0 Å². The maximum atomic E-state index is 12.3. The van der Waals surface area contributed by atoms with Crippen LogP contribution in [0.5, 0.6) is 0 Å². The lowest BCUT2D eigenvalue weighted by molar-refractivity contribution is -0.164. The maximum absolute atomic E-state index is 12.3. The molecule has 0 spiro atoms. The fourth-order valence-corrected chi connectivity index (χ4v) is 3.03. The molecule has 0 aromatic heterocycles. The molecular weight excluding hydrogens is 234 g/mol. The van der Waals surface area contributed by atoms with Gasteiger partial charge in [-0.15, -0.1) is 0 Å². The maximum Gasteiger partial charge on any atom is 0.329 e. The van der Waals surface area contributed by atoms with E-state index in [9.17, 15) is 14.7 Å². The summed E-state index contributed by atoms with van der Waals surface area (Å²) in [4.78, 5) is 25.3. The van der Waals surface area contributed by atoms with Crippen LogP contribution in [0, 0.1) is 0 Å². The number of nitrogens with zero attached hydrogens (tertiary/aromatic N) is 1. The van der Waals surface area contributed by atoms with Gasteiger partial charge >= 0.3 is 5.97 Å². The van der Waals surface area contributed by atoms with Gasteiger partial charge in [-0.2, -0.15) is 0 Å². The summed E-state index contributed by atoms with van der Waals surface area (Å²) in [5.74, 6) is -1.05. The molecule has 5 heteroatoms. The van der Waals surface area contributed by atoms with Crippen LogP contribution in [-0.2, 0) is 14.3 Å². The van der Waals surface area contributed by atoms with Crippen molar-refractivity contribution in [3.05, 3.63) is 0 Å². The average molecular weight is 255 g/mol. The van der Waals surface area contributed by atoms with Crippen molar-refractivity contribution in [1.29, 1.82) is 0 Å². The van der Waals surface area contributed by atoms with Crippen LogP contribution >= 0.6 is 0 Å². The second-order valence-corrected chi connectivity index (χ2v) is 5.30. The number of aliphatic carboxylic acids is 1. The van der Waals surface area contributed by atoms with Crippen molar-refractivity contribution in [2.24, 2.45) is 0 Å². The van der Waals surface area contributed by atoms with E-state index in [0.29, 0.717) is 25.9 Å². The SMILES string of the molecule is CN(C(=O)[C@@H]1CCCO1)C1(C(=O)O)CCCCC1. The highest BCUT2D eigenvalue weighted by Gasteiger charge is 2.47. The van der Waals surface area contributed by atoms with E-state index in [1.807, 2.05) is 0 Å². The largest absolute Gasteiger partial charge is 0.479 e. The van der Waals surface area contributed by atoms with Crippen molar-refractivity contribution in [3.63, 3.8) is 0 Å². The number of carbonyl (C=O) groups excluding carboxylic acids is 1. The van der Waals surface area contributed by atoms with E-state index in [0.717, 1.165) is 25.7 Å². The second kappa shape index (κ2) is 5.26. The minimum absolute atomic E-state index is 0.170. The van der Waals surface area contributed by atoms with Crippen LogP contribution in [0.3, 0.4) is 0 Å². The molecule has 2 rings (SSSR count). The molecule has 102 valence electrons. The smallest absolute Gasteiger partial charge is 0.329 e. The summed E-state index contributed by atoms with van der Waals surface area (Å²) in [6, 6.07) is 0. The minimum Gasteiger partial charge on any atom is -0.479 e. The molecule has 1 atom stereocenters. The van der Waals surface area contributed by atoms with Crippen molar-refractivity contribution < 1.29 is 19.4 Å². The Balaban J connectivity index is 2.14. The molecule has 0 aromatic rings. The molecule has 1 saturated heterocycles. The summed E-state index contributed by atoms with van der Waals surface area (Å²) in [5, 5.41) is 9.52. The number of carboxylic acid groups (broad SMARTS) is 1. The Hall–Kier alpha value is -1.10. The lowest BCUT2D eigenvalue weighted by atomic mass is 9.80. The van der Waals surface area contributed by atoms with Gasteiger partial charge in [0.2, 0.25) is 0 Å². The van der Waals surface area contributed by atoms with Crippen LogP contribution in [0.2, 0.25) is 0 Å². The molecule has 2 aliphatic rings. The Labute approximate surface area is 107 Å². The van der Waals surface area contributed by atoms with Gasteiger partial charge in [0.25, 0.3) is 5.91 Å². The Morgan fingerprint density at radius 3 is 2.39 bits per heavy atom. The van der Waals surface area contributed by atoms with Gasteiger partial charge in [-0.1, -0.05) is 19.3 Å². The molecule has 1 saturated carbocycles. The highest BCUT2D eigenvalue weighted by molar-refractivity contribution is 5.89. The number of rotatable bonds is 3. The number of ether oxygens (including phenoxy) is 1. The predicted octanol–water partition coefficient (Wildman–Crippen LogP) is 1.41. The summed E-state index contributed by atoms with van der Waals surface area (Å²) < 4.78 is 5.37. The molecule has 1 heterocycles. The van der Waals surface area contributed by atoms with Crippen molar-refractivity contribution in [2.75, 3.05) is 13.7 Å². The van der Waals surface area contributed by atoms with Crippen LogP contribution < -0.4 is 0 Å². The standard InChI is InChI=1S/C13H21NO4/c1-14(11(15)10-6-5-9-18-10)13(12(16)17)7-3-2-4-8-13/h10H,2-9H2,1H3,(H,16,17)/t10-/m0/s1. The number of carbonyl (C=O) groups is 2. The highest BCUT2D eigenvalue weighted by Crippen LogP contribution is 2.34. The van der Waals surface area contributed by atoms with Crippen molar-refractivity contribution in [3.8, 4) is 0 Å². The van der Waals surface area contributed by atoms with E-state index >= 15 is 0 Å². The Morgan fingerprint density at radius 2 is 1.89 bits per heavy atom. The third-order valence-electron chi connectivity index (χ3n) is 4.26. The molecule has 18 heavy (non-hydrogen) atoms. The first-order valence-electron chi connectivity index (χ1n) is 6.70. The molecule has 1 amide bonds. The van der Waals surface area contributed by atoms with Gasteiger partial charge < -0.3 is 14.7 Å². The van der Waals surface area contributed by atoms with E-state index in [1.54, 1.807) is 7.05 Å². The Kier molecular flexibility index (Phi) is 3.90. The second-order valence-electron chi connectivity index (χ2n) is 5.30. The van der Waals surface area contributed by atoms with Crippen LogP contribution in [-0.4, -0.2) is 47.2 Å². The predicted molar refractivity (Wildman–Crippen MR) is 65.2 cm³/mol. The first kappa shape index (κ1) is 13.3. The average Bonchev–Trinajstić information content (AvgIpc) is 2.91. The van der Waals surface area contributed by atoms with Crippen LogP contribution in [0.1, 0.15) is 44.9 Å². The van der Waals surface area contributed by atoms with Gasteiger partial charge in [-0.05, 0) is 25.7 Å². The van der Waals surface area contributed by atoms with Gasteiger partial charge in [0, 0.05) is 13.7 Å². The number of amides is 1. The van der Waals surface area contributed by atoms with Crippen LogP contribution in [0.15, 0.2) is 0 Å². The fraction of sp³-hybridized carbons (Fsp3) is 0.846. The van der Waals surface area contributed by atoms with E-state index < -0.39 is 17.6 Å². The quantitative estimate of drug-likeness (QED) is 0.828. The van der Waals surface area contributed by atoms with E-state index in [1.165, 1.54) is 4.90 Å². The number of carboxylic acids is 1. The zero-order valence-electron chi connectivity index (χ0n) is 10.9. The zero-order chi connectivity index (χ0) is 13.2.